The molecule has 114 valence electrons. The molecule has 0 aromatic heterocycles. The maximum absolute atomic E-state index is 12.3. The van der Waals surface area contributed by atoms with Gasteiger partial charge in [-0.25, -0.2) is 9.59 Å². The number of carbonyl (C=O) groups is 2. The Hall–Kier alpha value is -2.04. The molecule has 0 saturated carbocycles. The molecule has 2 amide bonds. The first-order valence-electron chi connectivity index (χ1n) is 7.33. The van der Waals surface area contributed by atoms with E-state index in [1.165, 1.54) is 0 Å². The highest BCUT2D eigenvalue weighted by Crippen LogP contribution is 2.24. The van der Waals surface area contributed by atoms with Gasteiger partial charge in [0.2, 0.25) is 0 Å². The number of nitrogens with one attached hydrogen (secondary N) is 1. The lowest BCUT2D eigenvalue weighted by Crippen LogP contribution is -2.43. The van der Waals surface area contributed by atoms with Crippen LogP contribution in [-0.2, 0) is 13.1 Å². The lowest BCUT2D eigenvalue weighted by atomic mass is 10.0. The first-order chi connectivity index (χ1) is 9.92. The number of hydrogen-bond donors (Lipinski definition) is 2. The number of carbonyl (C=O) groups excluding carboxylic acids is 1. The lowest BCUT2D eigenvalue weighted by Gasteiger charge is -2.24. The van der Waals surface area contributed by atoms with Crippen molar-refractivity contribution in [2.75, 3.05) is 0 Å². The van der Waals surface area contributed by atoms with Crippen molar-refractivity contribution in [1.82, 2.24) is 10.2 Å². The van der Waals surface area contributed by atoms with Crippen LogP contribution in [0.15, 0.2) is 18.2 Å². The molecule has 0 saturated heterocycles. The Morgan fingerprint density at radius 3 is 2.57 bits per heavy atom. The number of carboxylic acid groups (broad SMARTS) is 1. The SMILES string of the molecule is CCC(C)C(C)NC(=O)N1Cc2ccc(C(=O)O)cc2C1. The molecular weight excluding hydrogens is 268 g/mol. The molecule has 0 spiro atoms. The van der Waals surface area contributed by atoms with E-state index in [1.54, 1.807) is 23.1 Å². The largest absolute Gasteiger partial charge is 0.478 e. The van der Waals surface area contributed by atoms with Gasteiger partial charge in [0.25, 0.3) is 0 Å². The number of rotatable bonds is 4. The van der Waals surface area contributed by atoms with Crippen molar-refractivity contribution in [3.63, 3.8) is 0 Å². The average Bonchev–Trinajstić information content (AvgIpc) is 2.89. The molecule has 1 aliphatic heterocycles. The summed E-state index contributed by atoms with van der Waals surface area (Å²) in [5, 5.41) is 12.0. The number of carboxylic acids is 1. The summed E-state index contributed by atoms with van der Waals surface area (Å²) >= 11 is 0. The number of amides is 2. The number of benzene rings is 1. The van der Waals surface area contributed by atoms with Gasteiger partial charge in [-0.3, -0.25) is 0 Å². The molecule has 0 fully saturated rings. The van der Waals surface area contributed by atoms with Crippen LogP contribution in [0, 0.1) is 5.92 Å². The van der Waals surface area contributed by atoms with E-state index in [9.17, 15) is 9.59 Å². The van der Waals surface area contributed by atoms with Crippen molar-refractivity contribution in [3.8, 4) is 0 Å². The second-order valence-corrected chi connectivity index (χ2v) is 5.77. The standard InChI is InChI=1S/C16H22N2O3/c1-4-10(2)11(3)17-16(21)18-8-13-6-5-12(15(19)20)7-14(13)9-18/h5-7,10-11H,4,8-9H2,1-3H3,(H,17,21)(H,19,20). The Morgan fingerprint density at radius 2 is 1.95 bits per heavy atom. The fraction of sp³-hybridized carbons (Fsp3) is 0.500. The van der Waals surface area contributed by atoms with E-state index < -0.39 is 5.97 Å². The zero-order valence-corrected chi connectivity index (χ0v) is 12.7. The summed E-state index contributed by atoms with van der Waals surface area (Å²) in [5.74, 6) is -0.511. The molecule has 0 aliphatic carbocycles. The minimum Gasteiger partial charge on any atom is -0.478 e. The van der Waals surface area contributed by atoms with Crippen molar-refractivity contribution >= 4 is 12.0 Å². The smallest absolute Gasteiger partial charge is 0.335 e. The van der Waals surface area contributed by atoms with Crippen molar-refractivity contribution in [3.05, 3.63) is 34.9 Å². The van der Waals surface area contributed by atoms with Gasteiger partial charge < -0.3 is 15.3 Å². The first kappa shape index (κ1) is 15.4. The van der Waals surface area contributed by atoms with Crippen LogP contribution < -0.4 is 5.32 Å². The summed E-state index contributed by atoms with van der Waals surface area (Å²) < 4.78 is 0. The maximum Gasteiger partial charge on any atom is 0.335 e. The normalized spacial score (nSPS) is 16.2. The third-order valence-corrected chi connectivity index (χ3v) is 4.31. The van der Waals surface area contributed by atoms with Gasteiger partial charge in [0.05, 0.1) is 5.56 Å². The molecule has 1 aromatic carbocycles. The van der Waals surface area contributed by atoms with Crippen LogP contribution in [0.3, 0.4) is 0 Å². The first-order valence-corrected chi connectivity index (χ1v) is 7.33. The molecule has 2 atom stereocenters. The number of nitrogens with zero attached hydrogens (tertiary/aromatic N) is 1. The van der Waals surface area contributed by atoms with Crippen molar-refractivity contribution in [1.29, 1.82) is 0 Å². The molecular formula is C16H22N2O3. The van der Waals surface area contributed by atoms with Crippen LogP contribution in [0.1, 0.15) is 48.7 Å². The van der Waals surface area contributed by atoms with Gasteiger partial charge >= 0.3 is 12.0 Å². The van der Waals surface area contributed by atoms with Crippen LogP contribution in [0.5, 0.6) is 0 Å². The van der Waals surface area contributed by atoms with E-state index in [1.807, 2.05) is 6.92 Å². The number of aromatic carboxylic acids is 1. The van der Waals surface area contributed by atoms with E-state index in [0.717, 1.165) is 17.5 Å². The van der Waals surface area contributed by atoms with Gasteiger partial charge in [-0.2, -0.15) is 0 Å². The molecule has 5 heteroatoms. The number of hydrogen-bond acceptors (Lipinski definition) is 2. The molecule has 0 radical (unpaired) electrons. The van der Waals surface area contributed by atoms with E-state index in [2.05, 4.69) is 19.2 Å². The summed E-state index contributed by atoms with van der Waals surface area (Å²) in [6.45, 7) is 7.23. The second-order valence-electron chi connectivity index (χ2n) is 5.77. The predicted molar refractivity (Wildman–Crippen MR) is 80.1 cm³/mol. The molecule has 5 nitrogen and oxygen atoms in total. The van der Waals surface area contributed by atoms with E-state index in [0.29, 0.717) is 19.0 Å². The van der Waals surface area contributed by atoms with Gasteiger partial charge in [-0.15, -0.1) is 0 Å². The minimum absolute atomic E-state index is 0.0872. The molecule has 1 heterocycles. The fourth-order valence-electron chi connectivity index (χ4n) is 2.45. The minimum atomic E-state index is -0.939. The summed E-state index contributed by atoms with van der Waals surface area (Å²) in [6, 6.07) is 5.08. The molecule has 2 unspecified atom stereocenters. The molecule has 2 N–H and O–H groups in total. The zero-order chi connectivity index (χ0) is 15.6. The Balaban J connectivity index is 2.02. The Labute approximate surface area is 125 Å². The monoisotopic (exact) mass is 290 g/mol. The quantitative estimate of drug-likeness (QED) is 0.896. The van der Waals surface area contributed by atoms with Crippen molar-refractivity contribution in [2.24, 2.45) is 5.92 Å². The zero-order valence-electron chi connectivity index (χ0n) is 12.7. The third kappa shape index (κ3) is 3.35. The van der Waals surface area contributed by atoms with E-state index in [-0.39, 0.29) is 17.6 Å². The summed E-state index contributed by atoms with van der Waals surface area (Å²) in [7, 11) is 0. The van der Waals surface area contributed by atoms with Gasteiger partial charge in [0, 0.05) is 19.1 Å². The Kier molecular flexibility index (Phi) is 4.50. The Bertz CT molecular complexity index is 556. The average molecular weight is 290 g/mol. The molecule has 1 aliphatic rings. The number of urea groups is 1. The molecule has 21 heavy (non-hydrogen) atoms. The predicted octanol–water partition coefficient (Wildman–Crippen LogP) is 2.84. The molecule has 0 bridgehead atoms. The van der Waals surface area contributed by atoms with Crippen LogP contribution in [0.4, 0.5) is 4.79 Å². The summed E-state index contributed by atoms with van der Waals surface area (Å²) in [5.41, 5.74) is 2.21. The highest BCUT2D eigenvalue weighted by molar-refractivity contribution is 5.88. The van der Waals surface area contributed by atoms with Crippen LogP contribution in [0.2, 0.25) is 0 Å². The molecule has 2 rings (SSSR count). The van der Waals surface area contributed by atoms with Gasteiger partial charge in [-0.1, -0.05) is 26.3 Å². The van der Waals surface area contributed by atoms with E-state index in [4.69, 9.17) is 5.11 Å². The van der Waals surface area contributed by atoms with Gasteiger partial charge in [0.15, 0.2) is 0 Å². The Morgan fingerprint density at radius 1 is 1.29 bits per heavy atom. The van der Waals surface area contributed by atoms with E-state index >= 15 is 0 Å². The highest BCUT2D eigenvalue weighted by Gasteiger charge is 2.25. The van der Waals surface area contributed by atoms with Gasteiger partial charge in [-0.05, 0) is 36.1 Å². The van der Waals surface area contributed by atoms with Crippen LogP contribution >= 0.6 is 0 Å². The fourth-order valence-corrected chi connectivity index (χ4v) is 2.45. The lowest BCUT2D eigenvalue weighted by molar-refractivity contribution is 0.0696. The number of fused-ring (bicyclic) bond motifs is 1. The van der Waals surface area contributed by atoms with Crippen molar-refractivity contribution < 1.29 is 14.7 Å². The van der Waals surface area contributed by atoms with Crippen LogP contribution in [-0.4, -0.2) is 28.0 Å². The topological polar surface area (TPSA) is 69.6 Å². The van der Waals surface area contributed by atoms with Crippen molar-refractivity contribution in [2.45, 2.75) is 46.3 Å². The van der Waals surface area contributed by atoms with Crippen LogP contribution in [0.25, 0.3) is 0 Å². The maximum atomic E-state index is 12.3. The van der Waals surface area contributed by atoms with Gasteiger partial charge in [0.1, 0.15) is 0 Å². The second kappa shape index (κ2) is 6.16. The third-order valence-electron chi connectivity index (χ3n) is 4.31. The molecule has 1 aromatic rings. The summed E-state index contributed by atoms with van der Waals surface area (Å²) in [6.07, 6.45) is 1.02. The summed E-state index contributed by atoms with van der Waals surface area (Å²) in [4.78, 5) is 25.0. The highest BCUT2D eigenvalue weighted by atomic mass is 16.4.